The van der Waals surface area contributed by atoms with E-state index in [1.807, 2.05) is 6.07 Å². The van der Waals surface area contributed by atoms with Crippen molar-refractivity contribution < 1.29 is 9.47 Å². The summed E-state index contributed by atoms with van der Waals surface area (Å²) < 4.78 is 10.5. The molecule has 0 fully saturated rings. The van der Waals surface area contributed by atoms with E-state index in [0.29, 0.717) is 28.4 Å². The van der Waals surface area contributed by atoms with Crippen molar-refractivity contribution in [1.29, 1.82) is 0 Å². The van der Waals surface area contributed by atoms with E-state index in [2.05, 4.69) is 17.4 Å². The van der Waals surface area contributed by atoms with E-state index in [0.717, 1.165) is 24.8 Å². The van der Waals surface area contributed by atoms with Crippen LogP contribution in [0.4, 0.5) is 11.4 Å². The van der Waals surface area contributed by atoms with Crippen molar-refractivity contribution in [3.05, 3.63) is 68.0 Å². The quantitative estimate of drug-likeness (QED) is 0.702. The van der Waals surface area contributed by atoms with Gasteiger partial charge in [-0.3, -0.25) is 9.59 Å². The molecule has 27 heavy (non-hydrogen) atoms. The van der Waals surface area contributed by atoms with Crippen molar-refractivity contribution >= 4 is 11.4 Å². The van der Waals surface area contributed by atoms with Crippen molar-refractivity contribution in [2.45, 2.75) is 25.7 Å². The molecule has 5 nitrogen and oxygen atoms in total. The molecule has 0 spiro atoms. The van der Waals surface area contributed by atoms with Gasteiger partial charge in [0.2, 0.25) is 5.43 Å². The fourth-order valence-corrected chi connectivity index (χ4v) is 3.70. The first-order valence-corrected chi connectivity index (χ1v) is 9.06. The normalized spacial score (nSPS) is 13.3. The molecule has 0 aromatic heterocycles. The van der Waals surface area contributed by atoms with Gasteiger partial charge in [0.05, 0.1) is 19.8 Å². The Morgan fingerprint density at radius 2 is 1.48 bits per heavy atom. The SMILES string of the molecule is COc1cc(Nc2c(-c3ccc4c(c3)CCCC4)c(=O)c2=O)cc(OC)c1. The standard InChI is InChI=1S/C22H21NO4/c1-26-17-10-16(11-18(12-17)27-2)23-20-19(21(24)22(20)25)15-8-7-13-5-3-4-6-14(13)9-15/h7-12,23H,3-6H2,1-2H3. The van der Waals surface area contributed by atoms with Gasteiger partial charge in [0.15, 0.2) is 0 Å². The Balaban J connectivity index is 1.72. The fourth-order valence-electron chi connectivity index (χ4n) is 3.70. The molecule has 1 N–H and O–H groups in total. The van der Waals surface area contributed by atoms with E-state index in [9.17, 15) is 9.59 Å². The third kappa shape index (κ3) is 3.10. The maximum absolute atomic E-state index is 12.3. The first kappa shape index (κ1) is 17.3. The van der Waals surface area contributed by atoms with Crippen molar-refractivity contribution in [3.8, 4) is 22.6 Å². The summed E-state index contributed by atoms with van der Waals surface area (Å²) in [6.45, 7) is 0. The zero-order chi connectivity index (χ0) is 19.0. The minimum absolute atomic E-state index is 0.325. The summed E-state index contributed by atoms with van der Waals surface area (Å²) in [7, 11) is 3.13. The molecule has 0 bridgehead atoms. The van der Waals surface area contributed by atoms with Gasteiger partial charge in [-0.15, -0.1) is 0 Å². The lowest BCUT2D eigenvalue weighted by molar-refractivity contribution is 0.395. The van der Waals surface area contributed by atoms with Crippen LogP contribution in [-0.4, -0.2) is 14.2 Å². The topological polar surface area (TPSA) is 64.6 Å². The third-order valence-electron chi connectivity index (χ3n) is 5.17. The van der Waals surface area contributed by atoms with Gasteiger partial charge in [0.25, 0.3) is 5.43 Å². The molecule has 3 aromatic carbocycles. The van der Waals surface area contributed by atoms with Crippen LogP contribution in [0.25, 0.3) is 11.1 Å². The molecule has 0 heterocycles. The lowest BCUT2D eigenvalue weighted by atomic mass is 9.88. The Hall–Kier alpha value is -3.08. The highest BCUT2D eigenvalue weighted by molar-refractivity contribution is 5.85. The van der Waals surface area contributed by atoms with Crippen LogP contribution in [0.1, 0.15) is 24.0 Å². The van der Waals surface area contributed by atoms with Gasteiger partial charge >= 0.3 is 0 Å². The molecule has 0 saturated heterocycles. The second-order valence-electron chi connectivity index (χ2n) is 6.83. The molecule has 0 atom stereocenters. The van der Waals surface area contributed by atoms with E-state index in [1.54, 1.807) is 32.4 Å². The first-order chi connectivity index (χ1) is 13.1. The Kier molecular flexibility index (Phi) is 4.44. The largest absolute Gasteiger partial charge is 0.497 e. The Labute approximate surface area is 157 Å². The van der Waals surface area contributed by atoms with Crippen LogP contribution < -0.4 is 25.6 Å². The smallest absolute Gasteiger partial charge is 0.250 e. The van der Waals surface area contributed by atoms with E-state index in [4.69, 9.17) is 9.47 Å². The number of rotatable bonds is 5. The number of aryl methyl sites for hydroxylation is 2. The molecule has 0 radical (unpaired) electrons. The summed E-state index contributed by atoms with van der Waals surface area (Å²) in [5.74, 6) is 1.21. The van der Waals surface area contributed by atoms with Crippen molar-refractivity contribution in [2.75, 3.05) is 19.5 Å². The number of hydrogen-bond donors (Lipinski definition) is 1. The van der Waals surface area contributed by atoms with Gasteiger partial charge in [-0.25, -0.2) is 0 Å². The van der Waals surface area contributed by atoms with Gasteiger partial charge in [0.1, 0.15) is 17.2 Å². The number of methoxy groups -OCH3 is 2. The van der Waals surface area contributed by atoms with Crippen LogP contribution >= 0.6 is 0 Å². The van der Waals surface area contributed by atoms with Crippen LogP contribution in [0.15, 0.2) is 46.0 Å². The van der Waals surface area contributed by atoms with Crippen molar-refractivity contribution in [2.24, 2.45) is 0 Å². The fraction of sp³-hybridized carbons (Fsp3) is 0.273. The predicted molar refractivity (Wildman–Crippen MR) is 106 cm³/mol. The molecule has 0 aliphatic heterocycles. The summed E-state index contributed by atoms with van der Waals surface area (Å²) >= 11 is 0. The summed E-state index contributed by atoms with van der Waals surface area (Å²) in [6.07, 6.45) is 4.47. The van der Waals surface area contributed by atoms with Crippen molar-refractivity contribution in [1.82, 2.24) is 0 Å². The van der Waals surface area contributed by atoms with Crippen LogP contribution in [0.5, 0.6) is 11.5 Å². The van der Waals surface area contributed by atoms with E-state index >= 15 is 0 Å². The Morgan fingerprint density at radius 1 is 0.815 bits per heavy atom. The summed E-state index contributed by atoms with van der Waals surface area (Å²) in [4.78, 5) is 24.5. The highest BCUT2D eigenvalue weighted by atomic mass is 16.5. The maximum Gasteiger partial charge on any atom is 0.250 e. The van der Waals surface area contributed by atoms with Gasteiger partial charge in [-0.05, 0) is 42.4 Å². The first-order valence-electron chi connectivity index (χ1n) is 9.06. The second kappa shape index (κ2) is 6.91. The predicted octanol–water partition coefficient (Wildman–Crippen LogP) is 3.59. The average molecular weight is 363 g/mol. The molecule has 1 aliphatic carbocycles. The number of nitrogens with one attached hydrogen (secondary N) is 1. The van der Waals surface area contributed by atoms with E-state index in [-0.39, 0.29) is 0 Å². The number of benzene rings is 2. The summed E-state index contributed by atoms with van der Waals surface area (Å²) in [5, 5.41) is 3.09. The molecular formula is C22H21NO4. The zero-order valence-corrected chi connectivity index (χ0v) is 15.4. The second-order valence-corrected chi connectivity index (χ2v) is 6.83. The van der Waals surface area contributed by atoms with Gasteiger partial charge in [-0.2, -0.15) is 0 Å². The molecule has 0 amide bonds. The number of anilines is 2. The van der Waals surface area contributed by atoms with Crippen LogP contribution in [-0.2, 0) is 12.8 Å². The van der Waals surface area contributed by atoms with Crippen LogP contribution in [0.3, 0.4) is 0 Å². The van der Waals surface area contributed by atoms with Crippen molar-refractivity contribution in [3.63, 3.8) is 0 Å². The van der Waals surface area contributed by atoms with Gasteiger partial charge in [0, 0.05) is 23.9 Å². The van der Waals surface area contributed by atoms with E-state index in [1.165, 1.54) is 17.5 Å². The van der Waals surface area contributed by atoms with Crippen LogP contribution in [0, 0.1) is 0 Å². The molecular weight excluding hydrogens is 342 g/mol. The summed E-state index contributed by atoms with van der Waals surface area (Å²) in [6, 6.07) is 11.3. The highest BCUT2D eigenvalue weighted by Crippen LogP contribution is 2.33. The minimum atomic E-state index is -0.496. The lowest BCUT2D eigenvalue weighted by Gasteiger charge is -2.19. The molecule has 0 unspecified atom stereocenters. The Bertz CT molecular complexity index is 1050. The minimum Gasteiger partial charge on any atom is -0.497 e. The van der Waals surface area contributed by atoms with Gasteiger partial charge < -0.3 is 14.8 Å². The lowest BCUT2D eigenvalue weighted by Crippen LogP contribution is -2.35. The molecule has 3 aromatic rings. The van der Waals surface area contributed by atoms with Gasteiger partial charge in [-0.1, -0.05) is 18.2 Å². The average Bonchev–Trinajstić information content (AvgIpc) is 2.72. The molecule has 5 heteroatoms. The van der Waals surface area contributed by atoms with Crippen LogP contribution in [0.2, 0.25) is 0 Å². The monoisotopic (exact) mass is 363 g/mol. The molecule has 1 aliphatic rings. The number of ether oxygens (including phenoxy) is 2. The molecule has 4 rings (SSSR count). The maximum atomic E-state index is 12.3. The number of hydrogen-bond acceptors (Lipinski definition) is 5. The molecule has 138 valence electrons. The number of fused-ring (bicyclic) bond motifs is 1. The zero-order valence-electron chi connectivity index (χ0n) is 15.4. The molecule has 0 saturated carbocycles. The third-order valence-corrected chi connectivity index (χ3v) is 5.17. The van der Waals surface area contributed by atoms with E-state index < -0.39 is 10.9 Å². The summed E-state index contributed by atoms with van der Waals surface area (Å²) in [5.41, 5.74) is 3.90. The highest BCUT2D eigenvalue weighted by Gasteiger charge is 2.24. The Morgan fingerprint density at radius 3 is 2.15 bits per heavy atom.